The third-order valence-corrected chi connectivity index (χ3v) is 3.33. The minimum absolute atomic E-state index is 0.582. The van der Waals surface area contributed by atoms with Crippen LogP contribution in [-0.2, 0) is 0 Å². The predicted octanol–water partition coefficient (Wildman–Crippen LogP) is 1.19. The molecule has 0 saturated carbocycles. The molecule has 0 aliphatic carbocycles. The fourth-order valence-electron chi connectivity index (χ4n) is 2.36. The van der Waals surface area contributed by atoms with Gasteiger partial charge in [-0.15, -0.1) is 0 Å². The van der Waals surface area contributed by atoms with Crippen molar-refractivity contribution in [1.29, 1.82) is 0 Å². The maximum atomic E-state index is 5.90. The highest BCUT2D eigenvalue weighted by molar-refractivity contribution is 5.63. The molecule has 1 atom stereocenters. The molecule has 1 aliphatic rings. The Morgan fingerprint density at radius 3 is 2.94 bits per heavy atom. The molecule has 16 heavy (non-hydrogen) atoms. The van der Waals surface area contributed by atoms with Crippen molar-refractivity contribution in [2.75, 3.05) is 36.8 Å². The molecule has 1 unspecified atom stereocenters. The number of nitrogen functional groups attached to an aromatic ring is 1. The summed E-state index contributed by atoms with van der Waals surface area (Å²) in [6.07, 6.45) is 1.74. The smallest absolute Gasteiger partial charge is 0.146 e. The monoisotopic (exact) mass is 220 g/mol. The number of hydrogen-bond acceptors (Lipinski definition) is 4. The van der Waals surface area contributed by atoms with Gasteiger partial charge in [0.25, 0.3) is 0 Å². The first-order chi connectivity index (χ1) is 7.72. The van der Waals surface area contributed by atoms with Crippen LogP contribution >= 0.6 is 0 Å². The van der Waals surface area contributed by atoms with Crippen molar-refractivity contribution in [3.05, 3.63) is 18.3 Å². The lowest BCUT2D eigenvalue weighted by atomic mass is 10.1. The zero-order valence-electron chi connectivity index (χ0n) is 10.1. The van der Waals surface area contributed by atoms with Gasteiger partial charge in [-0.25, -0.2) is 4.98 Å². The lowest BCUT2D eigenvalue weighted by molar-refractivity contribution is 0.199. The second kappa shape index (κ2) is 4.70. The molecule has 2 heterocycles. The molecular formula is C12H20N4. The van der Waals surface area contributed by atoms with E-state index in [1.807, 2.05) is 6.07 Å². The summed E-state index contributed by atoms with van der Waals surface area (Å²) in [6.45, 7) is 8.77. The van der Waals surface area contributed by atoms with E-state index >= 15 is 0 Å². The Bertz CT molecular complexity index is 353. The Balaban J connectivity index is 2.11. The van der Waals surface area contributed by atoms with Crippen molar-refractivity contribution in [2.24, 2.45) is 0 Å². The highest BCUT2D eigenvalue weighted by Crippen LogP contribution is 2.23. The third kappa shape index (κ3) is 2.11. The molecule has 1 saturated heterocycles. The minimum Gasteiger partial charge on any atom is -0.382 e. The van der Waals surface area contributed by atoms with Gasteiger partial charge in [-0.3, -0.25) is 4.90 Å². The Morgan fingerprint density at radius 2 is 2.31 bits per heavy atom. The van der Waals surface area contributed by atoms with Crippen molar-refractivity contribution in [3.8, 4) is 0 Å². The number of nitrogens with two attached hydrogens (primary N) is 1. The molecule has 2 rings (SSSR count). The molecule has 0 bridgehead atoms. The average Bonchev–Trinajstić information content (AvgIpc) is 2.29. The predicted molar refractivity (Wildman–Crippen MR) is 67.6 cm³/mol. The van der Waals surface area contributed by atoms with E-state index in [2.05, 4.69) is 34.7 Å². The number of pyridine rings is 1. The normalized spacial score (nSPS) is 22.4. The quantitative estimate of drug-likeness (QED) is 0.813. The van der Waals surface area contributed by atoms with Crippen LogP contribution < -0.4 is 10.6 Å². The van der Waals surface area contributed by atoms with Crippen molar-refractivity contribution in [3.63, 3.8) is 0 Å². The zero-order valence-corrected chi connectivity index (χ0v) is 10.1. The zero-order chi connectivity index (χ0) is 11.5. The molecule has 0 spiro atoms. The van der Waals surface area contributed by atoms with E-state index in [4.69, 9.17) is 5.73 Å². The van der Waals surface area contributed by atoms with Crippen molar-refractivity contribution < 1.29 is 0 Å². The van der Waals surface area contributed by atoms with Crippen LogP contribution in [0.15, 0.2) is 18.3 Å². The SMILES string of the molecule is CCN1CCN(c2cccnc2N)CC1C. The number of aromatic nitrogens is 1. The highest BCUT2D eigenvalue weighted by Gasteiger charge is 2.23. The van der Waals surface area contributed by atoms with E-state index in [9.17, 15) is 0 Å². The van der Waals surface area contributed by atoms with Crippen LogP contribution in [0.3, 0.4) is 0 Å². The molecule has 1 aliphatic heterocycles. The molecule has 0 radical (unpaired) electrons. The maximum Gasteiger partial charge on any atom is 0.146 e. The Kier molecular flexibility index (Phi) is 3.29. The second-order valence-electron chi connectivity index (χ2n) is 4.33. The molecular weight excluding hydrogens is 200 g/mol. The molecule has 1 aromatic rings. The van der Waals surface area contributed by atoms with E-state index in [1.165, 1.54) is 0 Å². The van der Waals surface area contributed by atoms with Crippen LogP contribution in [-0.4, -0.2) is 42.1 Å². The van der Waals surface area contributed by atoms with Gasteiger partial charge in [0.15, 0.2) is 0 Å². The van der Waals surface area contributed by atoms with Gasteiger partial charge in [-0.05, 0) is 25.6 Å². The molecule has 0 aromatic carbocycles. The summed E-state index contributed by atoms with van der Waals surface area (Å²) in [7, 11) is 0. The Morgan fingerprint density at radius 1 is 1.50 bits per heavy atom. The third-order valence-electron chi connectivity index (χ3n) is 3.33. The molecule has 4 nitrogen and oxygen atoms in total. The summed E-state index contributed by atoms with van der Waals surface area (Å²) >= 11 is 0. The number of nitrogens with zero attached hydrogens (tertiary/aromatic N) is 3. The molecule has 2 N–H and O–H groups in total. The van der Waals surface area contributed by atoms with Crippen LogP contribution in [0.2, 0.25) is 0 Å². The Labute approximate surface area is 97.1 Å². The van der Waals surface area contributed by atoms with Crippen molar-refractivity contribution >= 4 is 11.5 Å². The molecule has 0 amide bonds. The van der Waals surface area contributed by atoms with Crippen LogP contribution in [0, 0.1) is 0 Å². The first-order valence-corrected chi connectivity index (χ1v) is 5.92. The van der Waals surface area contributed by atoms with Gasteiger partial charge in [0, 0.05) is 31.9 Å². The average molecular weight is 220 g/mol. The summed E-state index contributed by atoms with van der Waals surface area (Å²) < 4.78 is 0. The van der Waals surface area contributed by atoms with Gasteiger partial charge >= 0.3 is 0 Å². The molecule has 1 aromatic heterocycles. The van der Waals surface area contributed by atoms with Gasteiger partial charge < -0.3 is 10.6 Å². The van der Waals surface area contributed by atoms with Gasteiger partial charge in [0.1, 0.15) is 5.82 Å². The maximum absolute atomic E-state index is 5.90. The second-order valence-corrected chi connectivity index (χ2v) is 4.33. The largest absolute Gasteiger partial charge is 0.382 e. The van der Waals surface area contributed by atoms with Gasteiger partial charge in [-0.2, -0.15) is 0 Å². The lowest BCUT2D eigenvalue weighted by Gasteiger charge is -2.40. The first-order valence-electron chi connectivity index (χ1n) is 5.92. The van der Waals surface area contributed by atoms with Crippen LogP contribution in [0.5, 0.6) is 0 Å². The topological polar surface area (TPSA) is 45.4 Å². The molecule has 1 fully saturated rings. The van der Waals surface area contributed by atoms with Crippen LogP contribution in [0.25, 0.3) is 0 Å². The number of rotatable bonds is 2. The van der Waals surface area contributed by atoms with E-state index in [-0.39, 0.29) is 0 Å². The van der Waals surface area contributed by atoms with Gasteiger partial charge in [-0.1, -0.05) is 6.92 Å². The Hall–Kier alpha value is -1.29. The number of piperazine rings is 1. The summed E-state index contributed by atoms with van der Waals surface area (Å²) in [5, 5.41) is 0. The van der Waals surface area contributed by atoms with Crippen molar-refractivity contribution in [1.82, 2.24) is 9.88 Å². The van der Waals surface area contributed by atoms with E-state index in [1.54, 1.807) is 6.20 Å². The standard InChI is InChI=1S/C12H20N4/c1-3-15-7-8-16(9-10(15)2)11-5-4-6-14-12(11)13/h4-6,10H,3,7-9H2,1-2H3,(H2,13,14). The fourth-order valence-corrected chi connectivity index (χ4v) is 2.36. The van der Waals surface area contributed by atoms with E-state index < -0.39 is 0 Å². The fraction of sp³-hybridized carbons (Fsp3) is 0.583. The number of hydrogen-bond donors (Lipinski definition) is 1. The summed E-state index contributed by atoms with van der Waals surface area (Å²) in [5.74, 6) is 0.639. The van der Waals surface area contributed by atoms with Gasteiger partial charge in [0.05, 0.1) is 5.69 Å². The molecule has 4 heteroatoms. The minimum atomic E-state index is 0.582. The first kappa shape index (κ1) is 11.2. The van der Waals surface area contributed by atoms with Gasteiger partial charge in [0.2, 0.25) is 0 Å². The summed E-state index contributed by atoms with van der Waals surface area (Å²) in [4.78, 5) is 8.96. The van der Waals surface area contributed by atoms with Crippen LogP contribution in [0.4, 0.5) is 11.5 Å². The van der Waals surface area contributed by atoms with E-state index in [0.717, 1.165) is 31.9 Å². The number of likely N-dealkylation sites (N-methyl/N-ethyl adjacent to an activating group) is 1. The molecule has 88 valence electrons. The lowest BCUT2D eigenvalue weighted by Crippen LogP contribution is -2.51. The van der Waals surface area contributed by atoms with Crippen LogP contribution in [0.1, 0.15) is 13.8 Å². The van der Waals surface area contributed by atoms with Crippen molar-refractivity contribution in [2.45, 2.75) is 19.9 Å². The summed E-state index contributed by atoms with van der Waals surface area (Å²) in [6, 6.07) is 4.58. The highest BCUT2D eigenvalue weighted by atomic mass is 15.3. The summed E-state index contributed by atoms with van der Waals surface area (Å²) in [5.41, 5.74) is 6.97. The van der Waals surface area contributed by atoms with E-state index in [0.29, 0.717) is 11.9 Å². The number of anilines is 2.